The average Bonchev–Trinajstić information content (AvgIpc) is 2.94. The van der Waals surface area contributed by atoms with Crippen molar-refractivity contribution >= 4 is 23.7 Å². The molecular weight excluding hydrogens is 327 g/mol. The van der Waals surface area contributed by atoms with Crippen LogP contribution in [0, 0.1) is 11.3 Å². The Bertz CT molecular complexity index is 491. The van der Waals surface area contributed by atoms with E-state index < -0.39 is 53.8 Å². The first kappa shape index (κ1) is 17.2. The highest BCUT2D eigenvalue weighted by atomic mass is 35.5. The van der Waals surface area contributed by atoms with Crippen LogP contribution in [0.15, 0.2) is 0 Å². The Kier molecular flexibility index (Phi) is 4.04. The first-order valence-corrected chi connectivity index (χ1v) is 7.25. The van der Waals surface area contributed by atoms with E-state index in [9.17, 15) is 22.8 Å². The zero-order valence-electron chi connectivity index (χ0n) is 12.4. The predicted molar refractivity (Wildman–Crippen MR) is 70.1 cm³/mol. The molecule has 1 heterocycles. The molecule has 0 radical (unpaired) electrons. The highest BCUT2D eigenvalue weighted by Crippen LogP contribution is 2.68. The summed E-state index contributed by atoms with van der Waals surface area (Å²) >= 11 is 5.29. The molecule has 2 aliphatic rings. The molecular formula is C13H17ClF3NO4. The fraction of sp³-hybridized carbons (Fsp3) is 0.846. The number of esters is 1. The van der Waals surface area contributed by atoms with Crippen molar-refractivity contribution in [1.29, 1.82) is 0 Å². The standard InChI is InChI=1S/C13H17ClF3NO4/c1-11(2,3)22-10(20)18-5-12(13(15,16)17)4-7(12)8(18)9(19)21-6-14/h7-8H,4-6H2,1-3H3/t7-,8-,12-/m0/s1. The summed E-state index contributed by atoms with van der Waals surface area (Å²) < 4.78 is 49.4. The van der Waals surface area contributed by atoms with Crippen molar-refractivity contribution in [3.05, 3.63) is 0 Å². The van der Waals surface area contributed by atoms with Crippen LogP contribution in [-0.2, 0) is 14.3 Å². The molecule has 1 aliphatic heterocycles. The van der Waals surface area contributed by atoms with E-state index in [1.165, 1.54) is 0 Å². The Morgan fingerprint density at radius 2 is 1.91 bits per heavy atom. The lowest BCUT2D eigenvalue weighted by Crippen LogP contribution is -2.47. The van der Waals surface area contributed by atoms with Crippen LogP contribution < -0.4 is 0 Å². The van der Waals surface area contributed by atoms with Crippen LogP contribution in [0.5, 0.6) is 0 Å². The van der Waals surface area contributed by atoms with Gasteiger partial charge in [-0.1, -0.05) is 11.6 Å². The van der Waals surface area contributed by atoms with Gasteiger partial charge in [0.25, 0.3) is 0 Å². The summed E-state index contributed by atoms with van der Waals surface area (Å²) in [5.41, 5.74) is -2.92. The van der Waals surface area contributed by atoms with Crippen LogP contribution >= 0.6 is 11.6 Å². The van der Waals surface area contributed by atoms with Crippen molar-refractivity contribution in [1.82, 2.24) is 4.90 Å². The molecule has 0 aromatic heterocycles. The van der Waals surface area contributed by atoms with Crippen LogP contribution in [0.25, 0.3) is 0 Å². The van der Waals surface area contributed by atoms with Gasteiger partial charge in [0.15, 0.2) is 6.07 Å². The molecule has 9 heteroatoms. The van der Waals surface area contributed by atoms with Crippen molar-refractivity contribution < 1.29 is 32.2 Å². The Hall–Kier alpha value is -1.18. The third-order valence-corrected chi connectivity index (χ3v) is 4.04. The molecule has 126 valence electrons. The molecule has 0 N–H and O–H groups in total. The van der Waals surface area contributed by atoms with E-state index in [1.54, 1.807) is 20.8 Å². The summed E-state index contributed by atoms with van der Waals surface area (Å²) in [4.78, 5) is 24.8. The van der Waals surface area contributed by atoms with Gasteiger partial charge >= 0.3 is 18.2 Å². The highest BCUT2D eigenvalue weighted by molar-refractivity contribution is 6.17. The number of amides is 1. The molecule has 2 fully saturated rings. The molecule has 1 saturated carbocycles. The van der Waals surface area contributed by atoms with Crippen molar-refractivity contribution in [2.75, 3.05) is 12.6 Å². The molecule has 0 spiro atoms. The second-order valence-electron chi connectivity index (χ2n) is 6.59. The molecule has 0 aromatic rings. The summed E-state index contributed by atoms with van der Waals surface area (Å²) in [5, 5.41) is 0. The third kappa shape index (κ3) is 2.85. The van der Waals surface area contributed by atoms with Gasteiger partial charge in [0.1, 0.15) is 11.6 Å². The number of hydrogen-bond donors (Lipinski definition) is 0. The summed E-state index contributed by atoms with van der Waals surface area (Å²) in [6.07, 6.45) is -5.65. The number of alkyl halides is 4. The molecule has 0 bridgehead atoms. The maximum atomic E-state index is 13.2. The normalized spacial score (nSPS) is 30.8. The zero-order chi connectivity index (χ0) is 16.9. The molecule has 0 unspecified atom stereocenters. The number of carbonyl (C=O) groups is 2. The van der Waals surface area contributed by atoms with Gasteiger partial charge in [-0.15, -0.1) is 0 Å². The van der Waals surface area contributed by atoms with Crippen molar-refractivity contribution in [3.8, 4) is 0 Å². The largest absolute Gasteiger partial charge is 0.448 e. The van der Waals surface area contributed by atoms with Crippen LogP contribution in [0.3, 0.4) is 0 Å². The summed E-state index contributed by atoms with van der Waals surface area (Å²) in [5.74, 6) is -1.94. The minimum absolute atomic E-state index is 0.197. The number of hydrogen-bond acceptors (Lipinski definition) is 4. The molecule has 1 amide bonds. The van der Waals surface area contributed by atoms with Crippen molar-refractivity contribution in [2.45, 2.75) is 45.0 Å². The minimum Gasteiger partial charge on any atom is -0.448 e. The summed E-state index contributed by atoms with van der Waals surface area (Å²) in [6, 6.07) is -1.79. The van der Waals surface area contributed by atoms with Crippen molar-refractivity contribution in [3.63, 3.8) is 0 Å². The number of fused-ring (bicyclic) bond motifs is 1. The van der Waals surface area contributed by atoms with Gasteiger partial charge in [0.05, 0.1) is 5.41 Å². The van der Waals surface area contributed by atoms with Crippen LogP contribution in [-0.4, -0.2) is 47.4 Å². The van der Waals surface area contributed by atoms with Gasteiger partial charge in [-0.3, -0.25) is 4.90 Å². The van der Waals surface area contributed by atoms with Crippen LogP contribution in [0.4, 0.5) is 18.0 Å². The maximum Gasteiger partial charge on any atom is 0.411 e. The summed E-state index contributed by atoms with van der Waals surface area (Å²) in [7, 11) is 0. The Morgan fingerprint density at radius 3 is 2.36 bits per heavy atom. The lowest BCUT2D eigenvalue weighted by Gasteiger charge is -2.29. The molecule has 2 rings (SSSR count). The van der Waals surface area contributed by atoms with Gasteiger partial charge in [-0.2, -0.15) is 13.2 Å². The fourth-order valence-electron chi connectivity index (χ4n) is 2.89. The van der Waals surface area contributed by atoms with Crippen LogP contribution in [0.2, 0.25) is 0 Å². The Morgan fingerprint density at radius 1 is 1.32 bits per heavy atom. The number of nitrogens with zero attached hydrogens (tertiary/aromatic N) is 1. The van der Waals surface area contributed by atoms with Gasteiger partial charge < -0.3 is 9.47 Å². The van der Waals surface area contributed by atoms with Crippen LogP contribution in [0.1, 0.15) is 27.2 Å². The van der Waals surface area contributed by atoms with E-state index in [1.807, 2.05) is 0 Å². The van der Waals surface area contributed by atoms with E-state index in [-0.39, 0.29) is 6.42 Å². The quantitative estimate of drug-likeness (QED) is 0.571. The second kappa shape index (κ2) is 5.18. The topological polar surface area (TPSA) is 55.8 Å². The first-order valence-electron chi connectivity index (χ1n) is 6.72. The smallest absolute Gasteiger partial charge is 0.411 e. The Balaban J connectivity index is 2.24. The molecule has 0 aromatic carbocycles. The van der Waals surface area contributed by atoms with E-state index in [0.29, 0.717) is 0 Å². The molecule has 3 atom stereocenters. The maximum absolute atomic E-state index is 13.2. The van der Waals surface area contributed by atoms with E-state index >= 15 is 0 Å². The summed E-state index contributed by atoms with van der Waals surface area (Å²) in [6.45, 7) is 4.17. The zero-order valence-corrected chi connectivity index (χ0v) is 13.1. The number of piperidine rings is 1. The first-order chi connectivity index (χ1) is 9.93. The lowest BCUT2D eigenvalue weighted by molar-refractivity contribution is -0.187. The number of likely N-dealkylation sites (tertiary alicyclic amines) is 1. The molecule has 1 aliphatic carbocycles. The highest BCUT2D eigenvalue weighted by Gasteiger charge is 2.79. The second-order valence-corrected chi connectivity index (χ2v) is 6.81. The van der Waals surface area contributed by atoms with Gasteiger partial charge in [-0.05, 0) is 27.2 Å². The molecule has 5 nitrogen and oxygen atoms in total. The van der Waals surface area contributed by atoms with Crippen molar-refractivity contribution in [2.24, 2.45) is 11.3 Å². The number of rotatable bonds is 2. The monoisotopic (exact) mass is 343 g/mol. The van der Waals surface area contributed by atoms with E-state index in [4.69, 9.17) is 16.3 Å². The number of ether oxygens (including phenoxy) is 2. The van der Waals surface area contributed by atoms with Gasteiger partial charge in [0.2, 0.25) is 0 Å². The van der Waals surface area contributed by atoms with Gasteiger partial charge in [-0.25, -0.2) is 9.59 Å². The lowest BCUT2D eigenvalue weighted by atomic mass is 10.0. The molecule has 22 heavy (non-hydrogen) atoms. The van der Waals surface area contributed by atoms with Gasteiger partial charge in [0, 0.05) is 12.5 Å². The third-order valence-electron chi connectivity index (χ3n) is 3.93. The number of halogens is 4. The predicted octanol–water partition coefficient (Wildman–Crippen LogP) is 2.91. The number of carbonyl (C=O) groups excluding carboxylic acids is 2. The van der Waals surface area contributed by atoms with E-state index in [0.717, 1.165) is 4.90 Å². The fourth-order valence-corrected chi connectivity index (χ4v) is 3.00. The Labute approximate surface area is 130 Å². The SMILES string of the molecule is CC(C)(C)OC(=O)N1C[C@@]2(C(F)(F)F)C[C@H]2[C@H]1C(=O)OCCl. The van der Waals surface area contributed by atoms with E-state index in [2.05, 4.69) is 4.74 Å². The molecule has 1 saturated heterocycles. The average molecular weight is 344 g/mol. The minimum atomic E-state index is -4.49.